The number of hydrogen-bond donors (Lipinski definition) is 2. The first kappa shape index (κ1) is 23.8. The highest BCUT2D eigenvalue weighted by molar-refractivity contribution is 5.89. The van der Waals surface area contributed by atoms with Gasteiger partial charge in [-0.3, -0.25) is 4.98 Å². The number of alkyl halides is 3. The minimum absolute atomic E-state index is 0.0555. The molecule has 0 atom stereocenters. The number of anilines is 2. The Morgan fingerprint density at radius 1 is 1.11 bits per heavy atom. The van der Waals surface area contributed by atoms with Gasteiger partial charge in [-0.15, -0.1) is 0 Å². The molecule has 0 saturated carbocycles. The van der Waals surface area contributed by atoms with E-state index in [2.05, 4.69) is 26.7 Å². The molecule has 1 aliphatic heterocycles. The Balaban J connectivity index is 1.39. The zero-order valence-electron chi connectivity index (χ0n) is 18.4. The highest BCUT2D eigenvalue weighted by Gasteiger charge is 2.30. The Kier molecular flexibility index (Phi) is 7.01. The molecule has 11 heteroatoms. The van der Waals surface area contributed by atoms with Crippen LogP contribution in [0.25, 0.3) is 0 Å². The van der Waals surface area contributed by atoms with E-state index in [1.54, 1.807) is 24.5 Å². The second kappa shape index (κ2) is 10.3. The zero-order chi connectivity index (χ0) is 24.8. The van der Waals surface area contributed by atoms with Crippen molar-refractivity contribution >= 4 is 17.5 Å². The van der Waals surface area contributed by atoms with Gasteiger partial charge in [0.05, 0.1) is 17.4 Å². The number of piperidine rings is 1. The van der Waals surface area contributed by atoms with Crippen molar-refractivity contribution in [2.24, 2.45) is 0 Å². The van der Waals surface area contributed by atoms with Crippen molar-refractivity contribution in [1.29, 1.82) is 5.26 Å². The molecule has 2 amide bonds. The summed E-state index contributed by atoms with van der Waals surface area (Å²) in [6.07, 6.45) is 1.48. The second-order valence-corrected chi connectivity index (χ2v) is 7.85. The first-order valence-corrected chi connectivity index (χ1v) is 10.8. The number of pyridine rings is 2. The molecule has 3 heterocycles. The summed E-state index contributed by atoms with van der Waals surface area (Å²) >= 11 is 0. The van der Waals surface area contributed by atoms with Crippen LogP contribution in [-0.2, 0) is 6.18 Å². The maximum atomic E-state index is 12.8. The monoisotopic (exact) mass is 482 g/mol. The first-order chi connectivity index (χ1) is 16.8. The Hall–Kier alpha value is -4.33. The van der Waals surface area contributed by atoms with E-state index in [-0.39, 0.29) is 29.1 Å². The number of carbonyl (C=O) groups is 1. The van der Waals surface area contributed by atoms with Crippen LogP contribution < -0.4 is 20.3 Å². The number of nitriles is 1. The van der Waals surface area contributed by atoms with Crippen LogP contribution in [0.4, 0.5) is 29.5 Å². The van der Waals surface area contributed by atoms with Gasteiger partial charge in [-0.25, -0.2) is 9.78 Å². The summed E-state index contributed by atoms with van der Waals surface area (Å²) in [7, 11) is 0. The van der Waals surface area contributed by atoms with Crippen molar-refractivity contribution in [3.8, 4) is 17.6 Å². The van der Waals surface area contributed by atoms with Crippen molar-refractivity contribution in [3.05, 3.63) is 72.2 Å². The average Bonchev–Trinajstić information content (AvgIpc) is 2.85. The van der Waals surface area contributed by atoms with E-state index in [4.69, 9.17) is 4.74 Å². The van der Waals surface area contributed by atoms with E-state index in [0.717, 1.165) is 12.1 Å². The van der Waals surface area contributed by atoms with Crippen LogP contribution in [-0.4, -0.2) is 35.1 Å². The molecule has 2 N–H and O–H groups in total. The first-order valence-electron chi connectivity index (χ1n) is 10.8. The maximum Gasteiger partial charge on any atom is 0.416 e. The van der Waals surface area contributed by atoms with Crippen molar-refractivity contribution in [2.75, 3.05) is 23.3 Å². The molecule has 0 aliphatic carbocycles. The molecule has 2 aromatic heterocycles. The van der Waals surface area contributed by atoms with Crippen LogP contribution in [0.5, 0.6) is 11.5 Å². The summed E-state index contributed by atoms with van der Waals surface area (Å²) < 4.78 is 44.1. The van der Waals surface area contributed by atoms with E-state index in [9.17, 15) is 23.2 Å². The molecule has 0 radical (unpaired) electrons. The van der Waals surface area contributed by atoms with E-state index >= 15 is 0 Å². The number of carbonyl (C=O) groups excluding carboxylic acids is 1. The lowest BCUT2D eigenvalue weighted by Crippen LogP contribution is -2.46. The number of halogens is 3. The Bertz CT molecular complexity index is 1200. The fourth-order valence-corrected chi connectivity index (χ4v) is 3.73. The van der Waals surface area contributed by atoms with Crippen LogP contribution in [0.2, 0.25) is 0 Å². The minimum atomic E-state index is -4.44. The van der Waals surface area contributed by atoms with Gasteiger partial charge in [0.1, 0.15) is 23.2 Å². The van der Waals surface area contributed by atoms with Crippen molar-refractivity contribution in [1.82, 2.24) is 15.3 Å². The fraction of sp³-hybridized carbons (Fsp3) is 0.250. The van der Waals surface area contributed by atoms with E-state index in [1.165, 1.54) is 24.4 Å². The molecule has 4 rings (SSSR count). The van der Waals surface area contributed by atoms with Gasteiger partial charge in [0.2, 0.25) is 0 Å². The standard InChI is InChI=1S/C24H21F3N6O2/c25-24(26,27)16-3-5-19(6-4-16)35-21-7-11-30-22(20(21)14-28)33-12-8-17(9-13-33)31-23(34)32-18-2-1-10-29-15-18/h1-7,10-11,15,17H,8-9,12-13H2,(H2,31,32,34). The van der Waals surface area contributed by atoms with Gasteiger partial charge >= 0.3 is 12.2 Å². The van der Waals surface area contributed by atoms with Gasteiger partial charge in [0.25, 0.3) is 0 Å². The largest absolute Gasteiger partial charge is 0.456 e. The number of benzene rings is 1. The molecular weight excluding hydrogens is 461 g/mol. The lowest BCUT2D eigenvalue weighted by molar-refractivity contribution is -0.137. The fourth-order valence-electron chi connectivity index (χ4n) is 3.73. The predicted molar refractivity (Wildman–Crippen MR) is 122 cm³/mol. The zero-order valence-corrected chi connectivity index (χ0v) is 18.4. The van der Waals surface area contributed by atoms with Gasteiger partial charge in [0, 0.05) is 37.6 Å². The highest BCUT2D eigenvalue weighted by Crippen LogP contribution is 2.34. The van der Waals surface area contributed by atoms with Gasteiger partial charge in [-0.05, 0) is 49.2 Å². The summed E-state index contributed by atoms with van der Waals surface area (Å²) in [6, 6.07) is 10.9. The van der Waals surface area contributed by atoms with Gasteiger partial charge in [-0.2, -0.15) is 18.4 Å². The van der Waals surface area contributed by atoms with Crippen LogP contribution in [0.15, 0.2) is 61.1 Å². The number of nitrogens with one attached hydrogen (secondary N) is 2. The normalized spacial score (nSPS) is 14.2. The third kappa shape index (κ3) is 5.97. The number of ether oxygens (including phenoxy) is 1. The maximum absolute atomic E-state index is 12.8. The van der Waals surface area contributed by atoms with E-state index in [1.807, 2.05) is 4.90 Å². The quantitative estimate of drug-likeness (QED) is 0.534. The topological polar surface area (TPSA) is 103 Å². The average molecular weight is 482 g/mol. The summed E-state index contributed by atoms with van der Waals surface area (Å²) in [5.74, 6) is 0.803. The van der Waals surface area contributed by atoms with Gasteiger partial charge < -0.3 is 20.3 Å². The molecule has 1 aliphatic rings. The Morgan fingerprint density at radius 3 is 2.49 bits per heavy atom. The molecule has 1 aromatic carbocycles. The molecule has 1 saturated heterocycles. The second-order valence-electron chi connectivity index (χ2n) is 7.85. The van der Waals surface area contributed by atoms with Gasteiger partial charge in [0.15, 0.2) is 5.75 Å². The third-order valence-corrected chi connectivity index (χ3v) is 5.46. The molecule has 0 spiro atoms. The molecule has 0 bridgehead atoms. The number of aromatic nitrogens is 2. The van der Waals surface area contributed by atoms with Gasteiger partial charge in [-0.1, -0.05) is 0 Å². The number of amides is 2. The van der Waals surface area contributed by atoms with E-state index in [0.29, 0.717) is 37.4 Å². The highest BCUT2D eigenvalue weighted by atomic mass is 19.4. The van der Waals surface area contributed by atoms with Crippen molar-refractivity contribution in [2.45, 2.75) is 25.1 Å². The molecule has 35 heavy (non-hydrogen) atoms. The van der Waals surface area contributed by atoms with Crippen molar-refractivity contribution in [3.63, 3.8) is 0 Å². The Morgan fingerprint density at radius 2 is 1.86 bits per heavy atom. The number of urea groups is 1. The lowest BCUT2D eigenvalue weighted by Gasteiger charge is -2.33. The number of rotatable bonds is 5. The number of nitrogens with zero attached hydrogens (tertiary/aromatic N) is 4. The van der Waals surface area contributed by atoms with Crippen LogP contribution in [0, 0.1) is 11.3 Å². The van der Waals surface area contributed by atoms with Crippen molar-refractivity contribution < 1.29 is 22.7 Å². The molecule has 0 unspecified atom stereocenters. The third-order valence-electron chi connectivity index (χ3n) is 5.46. The smallest absolute Gasteiger partial charge is 0.416 e. The minimum Gasteiger partial charge on any atom is -0.456 e. The molecular formula is C24H21F3N6O2. The predicted octanol–water partition coefficient (Wildman–Crippen LogP) is 4.95. The summed E-state index contributed by atoms with van der Waals surface area (Å²) in [5.41, 5.74) is -0.00495. The summed E-state index contributed by atoms with van der Waals surface area (Å²) in [6.45, 7) is 1.09. The van der Waals surface area contributed by atoms with E-state index < -0.39 is 11.7 Å². The Labute approximate surface area is 199 Å². The summed E-state index contributed by atoms with van der Waals surface area (Å²) in [4.78, 5) is 22.4. The molecule has 3 aromatic rings. The number of hydrogen-bond acceptors (Lipinski definition) is 6. The lowest BCUT2D eigenvalue weighted by atomic mass is 10.0. The van der Waals surface area contributed by atoms with Crippen LogP contribution in [0.3, 0.4) is 0 Å². The summed E-state index contributed by atoms with van der Waals surface area (Å²) in [5, 5.41) is 15.4. The molecule has 1 fully saturated rings. The molecule has 180 valence electrons. The SMILES string of the molecule is N#Cc1c(Oc2ccc(C(F)(F)F)cc2)ccnc1N1CCC(NC(=O)Nc2cccnc2)CC1. The van der Waals surface area contributed by atoms with Crippen LogP contribution >= 0.6 is 0 Å². The van der Waals surface area contributed by atoms with Crippen LogP contribution in [0.1, 0.15) is 24.0 Å². The molecule has 8 nitrogen and oxygen atoms in total.